The summed E-state index contributed by atoms with van der Waals surface area (Å²) in [6.07, 6.45) is 13.2. The molecular formula is C19H40N2O2. The predicted molar refractivity (Wildman–Crippen MR) is 97.8 cm³/mol. The number of hydrogen-bond acceptors (Lipinski definition) is 4. The lowest BCUT2D eigenvalue weighted by Crippen LogP contribution is -2.36. The Kier molecular flexibility index (Phi) is 12.9. The quantitative estimate of drug-likeness (QED) is 0.451. The van der Waals surface area contributed by atoms with Crippen molar-refractivity contribution in [3.05, 3.63) is 0 Å². The van der Waals surface area contributed by atoms with Crippen molar-refractivity contribution in [3.63, 3.8) is 0 Å². The van der Waals surface area contributed by atoms with E-state index in [1.807, 2.05) is 0 Å². The Morgan fingerprint density at radius 2 is 1.78 bits per heavy atom. The van der Waals surface area contributed by atoms with Crippen LogP contribution in [0.25, 0.3) is 0 Å². The zero-order chi connectivity index (χ0) is 16.8. The third kappa shape index (κ3) is 10.3. The van der Waals surface area contributed by atoms with Crippen LogP contribution >= 0.6 is 0 Å². The monoisotopic (exact) mass is 328 g/mol. The summed E-state index contributed by atoms with van der Waals surface area (Å²) in [7, 11) is 0. The van der Waals surface area contributed by atoms with Gasteiger partial charge in [-0.1, -0.05) is 45.4 Å². The van der Waals surface area contributed by atoms with Gasteiger partial charge in [-0.05, 0) is 39.3 Å². The normalized spacial score (nSPS) is 24.4. The highest BCUT2D eigenvalue weighted by molar-refractivity contribution is 4.83. The maximum atomic E-state index is 6.10. The Labute approximate surface area is 143 Å². The van der Waals surface area contributed by atoms with E-state index < -0.39 is 0 Å². The standard InChI is InChI=1S/C19H40N2O2/c1-3-4-5-8-11-14-22-18-15-17(2)23-19(18)16-21-13-10-7-6-9-12-20/h17-19,21H,3-16,20H2,1-2H3/t17-,18-,19-/m1/s1. The van der Waals surface area contributed by atoms with Gasteiger partial charge in [0.2, 0.25) is 0 Å². The van der Waals surface area contributed by atoms with Crippen LogP contribution in [-0.4, -0.2) is 44.6 Å². The highest BCUT2D eigenvalue weighted by Gasteiger charge is 2.33. The van der Waals surface area contributed by atoms with Gasteiger partial charge < -0.3 is 20.5 Å². The fourth-order valence-corrected chi connectivity index (χ4v) is 3.21. The topological polar surface area (TPSA) is 56.5 Å². The highest BCUT2D eigenvalue weighted by Crippen LogP contribution is 2.23. The smallest absolute Gasteiger partial charge is 0.0965 e. The summed E-state index contributed by atoms with van der Waals surface area (Å²) in [5, 5.41) is 3.54. The Hall–Kier alpha value is -0.160. The zero-order valence-corrected chi connectivity index (χ0v) is 15.5. The molecule has 0 bridgehead atoms. The van der Waals surface area contributed by atoms with Crippen LogP contribution in [0.5, 0.6) is 0 Å². The van der Waals surface area contributed by atoms with E-state index in [1.54, 1.807) is 0 Å². The van der Waals surface area contributed by atoms with Gasteiger partial charge in [-0.15, -0.1) is 0 Å². The van der Waals surface area contributed by atoms with Crippen molar-refractivity contribution in [2.45, 2.75) is 96.4 Å². The molecule has 0 radical (unpaired) electrons. The summed E-state index contributed by atoms with van der Waals surface area (Å²) in [6, 6.07) is 0. The SMILES string of the molecule is CCCCCCCO[C@@H]1C[C@@H](C)O[C@@H]1CNCCCCCCN. The maximum absolute atomic E-state index is 6.10. The van der Waals surface area contributed by atoms with E-state index >= 15 is 0 Å². The summed E-state index contributed by atoms with van der Waals surface area (Å²) >= 11 is 0. The number of rotatable bonds is 15. The molecule has 0 spiro atoms. The Bertz CT molecular complexity index is 264. The lowest BCUT2D eigenvalue weighted by atomic mass is 10.1. The first-order valence-electron chi connectivity index (χ1n) is 9.95. The Morgan fingerprint density at radius 1 is 1.04 bits per heavy atom. The van der Waals surface area contributed by atoms with Crippen LogP contribution in [0.2, 0.25) is 0 Å². The molecule has 23 heavy (non-hydrogen) atoms. The Balaban J connectivity index is 2.05. The van der Waals surface area contributed by atoms with Gasteiger partial charge in [-0.25, -0.2) is 0 Å². The molecule has 138 valence electrons. The third-order valence-corrected chi connectivity index (χ3v) is 4.62. The highest BCUT2D eigenvalue weighted by atomic mass is 16.6. The van der Waals surface area contributed by atoms with Crippen LogP contribution in [0.3, 0.4) is 0 Å². The van der Waals surface area contributed by atoms with Gasteiger partial charge in [-0.3, -0.25) is 0 Å². The van der Waals surface area contributed by atoms with Crippen molar-refractivity contribution in [3.8, 4) is 0 Å². The van der Waals surface area contributed by atoms with Gasteiger partial charge in [-0.2, -0.15) is 0 Å². The third-order valence-electron chi connectivity index (χ3n) is 4.62. The van der Waals surface area contributed by atoms with Gasteiger partial charge in [0.05, 0.1) is 18.3 Å². The van der Waals surface area contributed by atoms with Crippen LogP contribution in [0, 0.1) is 0 Å². The van der Waals surface area contributed by atoms with Gasteiger partial charge in [0.25, 0.3) is 0 Å². The maximum Gasteiger partial charge on any atom is 0.0965 e. The molecule has 1 fully saturated rings. The van der Waals surface area contributed by atoms with E-state index in [1.165, 1.54) is 51.4 Å². The molecule has 1 aliphatic heterocycles. The van der Waals surface area contributed by atoms with Crippen molar-refractivity contribution in [2.75, 3.05) is 26.2 Å². The molecule has 1 aliphatic rings. The van der Waals surface area contributed by atoms with E-state index in [0.29, 0.717) is 6.10 Å². The van der Waals surface area contributed by atoms with E-state index in [-0.39, 0.29) is 12.2 Å². The summed E-state index contributed by atoms with van der Waals surface area (Å²) < 4.78 is 12.1. The fourth-order valence-electron chi connectivity index (χ4n) is 3.21. The molecule has 3 N–H and O–H groups in total. The van der Waals surface area contributed by atoms with Crippen molar-refractivity contribution < 1.29 is 9.47 Å². The van der Waals surface area contributed by atoms with Crippen LogP contribution in [0.4, 0.5) is 0 Å². The second kappa shape index (κ2) is 14.2. The summed E-state index contributed by atoms with van der Waals surface area (Å²) in [5.74, 6) is 0. The van der Waals surface area contributed by atoms with Crippen molar-refractivity contribution in [1.82, 2.24) is 5.32 Å². The lowest BCUT2D eigenvalue weighted by Gasteiger charge is -2.19. The average Bonchev–Trinajstić information content (AvgIpc) is 2.90. The molecule has 1 saturated heterocycles. The van der Waals surface area contributed by atoms with E-state index in [2.05, 4.69) is 19.2 Å². The molecule has 0 aliphatic carbocycles. The Morgan fingerprint density at radius 3 is 2.57 bits per heavy atom. The molecule has 3 atom stereocenters. The van der Waals surface area contributed by atoms with E-state index in [4.69, 9.17) is 15.2 Å². The van der Waals surface area contributed by atoms with E-state index in [0.717, 1.165) is 39.1 Å². The zero-order valence-electron chi connectivity index (χ0n) is 15.5. The molecule has 0 aromatic heterocycles. The van der Waals surface area contributed by atoms with Crippen molar-refractivity contribution in [2.24, 2.45) is 5.73 Å². The molecule has 1 heterocycles. The van der Waals surface area contributed by atoms with Gasteiger partial charge >= 0.3 is 0 Å². The predicted octanol–water partition coefficient (Wildman–Crippen LogP) is 3.63. The van der Waals surface area contributed by atoms with Crippen LogP contribution in [-0.2, 0) is 9.47 Å². The largest absolute Gasteiger partial charge is 0.375 e. The molecule has 4 heteroatoms. The fraction of sp³-hybridized carbons (Fsp3) is 1.00. The average molecular weight is 329 g/mol. The summed E-state index contributed by atoms with van der Waals surface area (Å²) in [5.41, 5.74) is 5.51. The first-order chi connectivity index (χ1) is 11.3. The number of nitrogens with one attached hydrogen (secondary N) is 1. The minimum absolute atomic E-state index is 0.227. The second-order valence-corrected chi connectivity index (χ2v) is 6.95. The summed E-state index contributed by atoms with van der Waals surface area (Å²) in [4.78, 5) is 0. The lowest BCUT2D eigenvalue weighted by molar-refractivity contribution is -0.0195. The molecular weight excluding hydrogens is 288 g/mol. The van der Waals surface area contributed by atoms with Crippen LogP contribution in [0.15, 0.2) is 0 Å². The van der Waals surface area contributed by atoms with Gasteiger partial charge in [0.15, 0.2) is 0 Å². The molecule has 0 amide bonds. The first-order valence-corrected chi connectivity index (χ1v) is 9.95. The van der Waals surface area contributed by atoms with Crippen LogP contribution in [0.1, 0.15) is 78.1 Å². The molecule has 0 aromatic rings. The molecule has 4 nitrogen and oxygen atoms in total. The molecule has 1 rings (SSSR count). The molecule has 0 unspecified atom stereocenters. The first kappa shape index (κ1) is 20.9. The summed E-state index contributed by atoms with van der Waals surface area (Å²) in [6.45, 7) is 8.11. The van der Waals surface area contributed by atoms with Gasteiger partial charge in [0, 0.05) is 19.6 Å². The number of nitrogens with two attached hydrogens (primary N) is 1. The minimum Gasteiger partial charge on any atom is -0.375 e. The van der Waals surface area contributed by atoms with Crippen molar-refractivity contribution >= 4 is 0 Å². The number of ether oxygens (including phenoxy) is 2. The van der Waals surface area contributed by atoms with Crippen LogP contribution < -0.4 is 11.1 Å². The minimum atomic E-state index is 0.227. The van der Waals surface area contributed by atoms with Crippen molar-refractivity contribution in [1.29, 1.82) is 0 Å². The van der Waals surface area contributed by atoms with E-state index in [9.17, 15) is 0 Å². The second-order valence-electron chi connectivity index (χ2n) is 6.95. The molecule has 0 saturated carbocycles. The molecule has 0 aromatic carbocycles. The number of hydrogen-bond donors (Lipinski definition) is 2. The number of unbranched alkanes of at least 4 members (excludes halogenated alkanes) is 7. The van der Waals surface area contributed by atoms with Gasteiger partial charge in [0.1, 0.15) is 0 Å².